The van der Waals surface area contributed by atoms with Crippen molar-refractivity contribution in [3.05, 3.63) is 65.7 Å². The Hall–Kier alpha value is -2.80. The summed E-state index contributed by atoms with van der Waals surface area (Å²) < 4.78 is 5.16. The Bertz CT molecular complexity index is 662. The second-order valence-corrected chi connectivity index (χ2v) is 4.97. The van der Waals surface area contributed by atoms with Crippen LogP contribution in [0.25, 0.3) is 0 Å². The smallest absolute Gasteiger partial charge is 0.225 e. The van der Waals surface area contributed by atoms with Crippen LogP contribution < -0.4 is 10.1 Å². The fourth-order valence-electron chi connectivity index (χ4n) is 2.19. The molecule has 4 nitrogen and oxygen atoms in total. The number of nitriles is 1. The van der Waals surface area contributed by atoms with Gasteiger partial charge in [0.2, 0.25) is 5.91 Å². The number of nitrogens with zero attached hydrogens (tertiary/aromatic N) is 1. The highest BCUT2D eigenvalue weighted by Gasteiger charge is 2.13. The second kappa shape index (κ2) is 7.84. The Morgan fingerprint density at radius 2 is 1.91 bits per heavy atom. The summed E-state index contributed by atoms with van der Waals surface area (Å²) in [5, 5.41) is 12.0. The van der Waals surface area contributed by atoms with Gasteiger partial charge in [-0.05, 0) is 23.3 Å². The molecule has 112 valence electrons. The van der Waals surface area contributed by atoms with E-state index in [4.69, 9.17) is 4.74 Å². The zero-order chi connectivity index (χ0) is 15.8. The number of rotatable bonds is 6. The molecule has 0 bridgehead atoms. The summed E-state index contributed by atoms with van der Waals surface area (Å²) in [6.45, 7) is 0. The van der Waals surface area contributed by atoms with Gasteiger partial charge in [0.05, 0.1) is 19.6 Å². The number of hydrogen-bond donors (Lipinski definition) is 1. The van der Waals surface area contributed by atoms with Gasteiger partial charge < -0.3 is 10.1 Å². The lowest BCUT2D eigenvalue weighted by molar-refractivity contribution is -0.120. The van der Waals surface area contributed by atoms with Crippen molar-refractivity contribution in [3.8, 4) is 11.8 Å². The lowest BCUT2D eigenvalue weighted by Gasteiger charge is -2.12. The highest BCUT2D eigenvalue weighted by molar-refractivity contribution is 5.79. The Morgan fingerprint density at radius 3 is 2.59 bits per heavy atom. The number of nitrogens with one attached hydrogen (secondary N) is 1. The third-order valence-corrected chi connectivity index (χ3v) is 3.27. The molecule has 1 amide bonds. The summed E-state index contributed by atoms with van der Waals surface area (Å²) >= 11 is 0. The number of methoxy groups -OCH3 is 1. The highest BCUT2D eigenvalue weighted by atomic mass is 16.5. The lowest BCUT2D eigenvalue weighted by Crippen LogP contribution is -2.36. The summed E-state index contributed by atoms with van der Waals surface area (Å²) in [6.07, 6.45) is 0.728. The van der Waals surface area contributed by atoms with E-state index in [0.29, 0.717) is 6.42 Å². The summed E-state index contributed by atoms with van der Waals surface area (Å²) in [5.74, 6) is 0.588. The van der Waals surface area contributed by atoms with Crippen molar-refractivity contribution >= 4 is 5.91 Å². The quantitative estimate of drug-likeness (QED) is 0.890. The maximum Gasteiger partial charge on any atom is 0.225 e. The zero-order valence-electron chi connectivity index (χ0n) is 12.5. The summed E-state index contributed by atoms with van der Waals surface area (Å²) in [4.78, 5) is 12.0. The van der Waals surface area contributed by atoms with Crippen LogP contribution in [0.15, 0.2) is 54.6 Å². The molecule has 4 heteroatoms. The number of hydrogen-bond acceptors (Lipinski definition) is 3. The van der Waals surface area contributed by atoms with Crippen molar-refractivity contribution in [1.82, 2.24) is 5.32 Å². The Morgan fingerprint density at radius 1 is 1.18 bits per heavy atom. The van der Waals surface area contributed by atoms with E-state index in [0.717, 1.165) is 16.9 Å². The van der Waals surface area contributed by atoms with Crippen LogP contribution in [0, 0.1) is 11.3 Å². The monoisotopic (exact) mass is 294 g/mol. The van der Waals surface area contributed by atoms with Gasteiger partial charge in [-0.25, -0.2) is 0 Å². The molecule has 0 aliphatic carbocycles. The van der Waals surface area contributed by atoms with Crippen molar-refractivity contribution < 1.29 is 9.53 Å². The van der Waals surface area contributed by atoms with Crippen LogP contribution in [0.5, 0.6) is 5.75 Å². The maximum atomic E-state index is 12.0. The normalized spacial score (nSPS) is 11.3. The molecule has 0 radical (unpaired) electrons. The van der Waals surface area contributed by atoms with Crippen LogP contribution >= 0.6 is 0 Å². The van der Waals surface area contributed by atoms with Gasteiger partial charge >= 0.3 is 0 Å². The predicted molar refractivity (Wildman–Crippen MR) is 84.4 cm³/mol. The lowest BCUT2D eigenvalue weighted by atomic mass is 10.1. The fourth-order valence-corrected chi connectivity index (χ4v) is 2.19. The largest absolute Gasteiger partial charge is 0.497 e. The third-order valence-electron chi connectivity index (χ3n) is 3.27. The zero-order valence-corrected chi connectivity index (χ0v) is 12.5. The van der Waals surface area contributed by atoms with E-state index < -0.39 is 6.04 Å². The first kappa shape index (κ1) is 15.6. The molecule has 0 aliphatic rings. The van der Waals surface area contributed by atoms with Crippen LogP contribution in [0.2, 0.25) is 0 Å². The minimum atomic E-state index is -0.552. The Kier molecular flexibility index (Phi) is 5.56. The maximum absolute atomic E-state index is 12.0. The molecule has 22 heavy (non-hydrogen) atoms. The summed E-state index contributed by atoms with van der Waals surface area (Å²) in [5.41, 5.74) is 1.88. The molecule has 0 heterocycles. The average molecular weight is 294 g/mol. The second-order valence-electron chi connectivity index (χ2n) is 4.97. The fraction of sp³-hybridized carbons (Fsp3) is 0.222. The van der Waals surface area contributed by atoms with E-state index in [2.05, 4.69) is 11.4 Å². The van der Waals surface area contributed by atoms with Crippen LogP contribution in [-0.4, -0.2) is 19.1 Å². The van der Waals surface area contributed by atoms with E-state index in [1.54, 1.807) is 7.11 Å². The first-order valence-corrected chi connectivity index (χ1v) is 7.07. The molecule has 1 unspecified atom stereocenters. The van der Waals surface area contributed by atoms with Gasteiger partial charge in [0.25, 0.3) is 0 Å². The standard InChI is InChI=1S/C18H18N2O2/c1-22-17-9-5-8-15(11-17)10-16(13-19)20-18(21)12-14-6-3-2-4-7-14/h2-9,11,16H,10,12H2,1H3,(H,20,21). The van der Waals surface area contributed by atoms with Gasteiger partial charge in [-0.3, -0.25) is 4.79 Å². The van der Waals surface area contributed by atoms with Crippen LogP contribution in [0.3, 0.4) is 0 Å². The molecule has 0 fully saturated rings. The number of carbonyl (C=O) groups excluding carboxylic acids is 1. The molecule has 0 aromatic heterocycles. The molecular formula is C18H18N2O2. The summed E-state index contributed by atoms with van der Waals surface area (Å²) in [7, 11) is 1.60. The average Bonchev–Trinajstić information content (AvgIpc) is 2.55. The van der Waals surface area contributed by atoms with E-state index >= 15 is 0 Å². The molecule has 2 rings (SSSR count). The third kappa shape index (κ3) is 4.64. The highest BCUT2D eigenvalue weighted by Crippen LogP contribution is 2.14. The number of benzene rings is 2. The van der Waals surface area contributed by atoms with Crippen molar-refractivity contribution in [1.29, 1.82) is 5.26 Å². The molecule has 0 aliphatic heterocycles. The van der Waals surface area contributed by atoms with Gasteiger partial charge in [0, 0.05) is 6.42 Å². The minimum Gasteiger partial charge on any atom is -0.497 e. The van der Waals surface area contributed by atoms with Gasteiger partial charge in [-0.2, -0.15) is 5.26 Å². The van der Waals surface area contributed by atoms with Gasteiger partial charge in [0.1, 0.15) is 11.8 Å². The SMILES string of the molecule is COc1cccc(CC(C#N)NC(=O)Cc2ccccc2)c1. The molecular weight excluding hydrogens is 276 g/mol. The van der Waals surface area contributed by atoms with Crippen LogP contribution in [0.4, 0.5) is 0 Å². The van der Waals surface area contributed by atoms with Crippen molar-refractivity contribution in [3.63, 3.8) is 0 Å². The van der Waals surface area contributed by atoms with E-state index in [-0.39, 0.29) is 12.3 Å². The summed E-state index contributed by atoms with van der Waals surface area (Å²) in [6, 6.07) is 18.5. The van der Waals surface area contributed by atoms with Gasteiger partial charge in [-0.1, -0.05) is 42.5 Å². The van der Waals surface area contributed by atoms with Gasteiger partial charge in [-0.15, -0.1) is 0 Å². The molecule has 2 aromatic carbocycles. The molecule has 2 aromatic rings. The van der Waals surface area contributed by atoms with Gasteiger partial charge in [0.15, 0.2) is 0 Å². The first-order chi connectivity index (χ1) is 10.7. The van der Waals surface area contributed by atoms with Crippen molar-refractivity contribution in [2.75, 3.05) is 7.11 Å². The van der Waals surface area contributed by atoms with E-state index in [1.165, 1.54) is 0 Å². The molecule has 0 saturated carbocycles. The van der Waals surface area contributed by atoms with Crippen LogP contribution in [0.1, 0.15) is 11.1 Å². The molecule has 0 saturated heterocycles. The Balaban J connectivity index is 1.94. The molecule has 1 N–H and O–H groups in total. The number of amides is 1. The number of carbonyl (C=O) groups is 1. The predicted octanol–water partition coefficient (Wildman–Crippen LogP) is 2.49. The molecule has 1 atom stereocenters. The van der Waals surface area contributed by atoms with E-state index in [9.17, 15) is 10.1 Å². The topological polar surface area (TPSA) is 62.1 Å². The Labute approximate surface area is 130 Å². The van der Waals surface area contributed by atoms with Crippen LogP contribution in [-0.2, 0) is 17.6 Å². The van der Waals surface area contributed by atoms with Crippen molar-refractivity contribution in [2.45, 2.75) is 18.9 Å². The van der Waals surface area contributed by atoms with E-state index in [1.807, 2.05) is 54.6 Å². The minimum absolute atomic E-state index is 0.152. The molecule has 0 spiro atoms. The first-order valence-electron chi connectivity index (χ1n) is 7.07. The number of ether oxygens (including phenoxy) is 1. The van der Waals surface area contributed by atoms with Crippen molar-refractivity contribution in [2.24, 2.45) is 0 Å².